The highest BCUT2D eigenvalue weighted by molar-refractivity contribution is 5.78. The molecule has 0 radical (unpaired) electrons. The van der Waals surface area contributed by atoms with Gasteiger partial charge in [0.15, 0.2) is 0 Å². The molecule has 0 spiro atoms. The number of rotatable bonds is 4. The molecule has 0 bridgehead atoms. The SMILES string of the molecule is C=CCC(C#N)C1CCN(C(=O)C(C)C)CC1. The van der Waals surface area contributed by atoms with E-state index in [0.717, 1.165) is 32.4 Å². The van der Waals surface area contributed by atoms with Gasteiger partial charge in [0.05, 0.1) is 12.0 Å². The normalized spacial score (nSPS) is 18.8. The van der Waals surface area contributed by atoms with E-state index >= 15 is 0 Å². The van der Waals surface area contributed by atoms with Gasteiger partial charge in [-0.15, -0.1) is 6.58 Å². The zero-order valence-electron chi connectivity index (χ0n) is 10.9. The zero-order valence-corrected chi connectivity index (χ0v) is 10.9. The predicted octanol–water partition coefficient (Wildman–Crippen LogP) is 2.60. The summed E-state index contributed by atoms with van der Waals surface area (Å²) in [6, 6.07) is 2.36. The lowest BCUT2D eigenvalue weighted by Gasteiger charge is -2.34. The largest absolute Gasteiger partial charge is 0.342 e. The third-order valence-electron chi connectivity index (χ3n) is 3.50. The smallest absolute Gasteiger partial charge is 0.225 e. The van der Waals surface area contributed by atoms with Gasteiger partial charge in [-0.2, -0.15) is 5.26 Å². The number of carbonyl (C=O) groups excluding carboxylic acids is 1. The number of hydrogen-bond donors (Lipinski definition) is 0. The van der Waals surface area contributed by atoms with Crippen molar-refractivity contribution in [1.82, 2.24) is 4.90 Å². The molecule has 1 heterocycles. The van der Waals surface area contributed by atoms with E-state index in [0.29, 0.717) is 5.92 Å². The number of allylic oxidation sites excluding steroid dienone is 1. The summed E-state index contributed by atoms with van der Waals surface area (Å²) in [5, 5.41) is 9.09. The van der Waals surface area contributed by atoms with Gasteiger partial charge in [0.25, 0.3) is 0 Å². The molecule has 1 unspecified atom stereocenters. The van der Waals surface area contributed by atoms with E-state index < -0.39 is 0 Å². The van der Waals surface area contributed by atoms with Crippen molar-refractivity contribution in [2.75, 3.05) is 13.1 Å². The van der Waals surface area contributed by atoms with E-state index in [4.69, 9.17) is 5.26 Å². The summed E-state index contributed by atoms with van der Waals surface area (Å²) in [4.78, 5) is 13.7. The van der Waals surface area contributed by atoms with E-state index in [1.54, 1.807) is 0 Å². The maximum absolute atomic E-state index is 11.8. The van der Waals surface area contributed by atoms with E-state index in [9.17, 15) is 4.79 Å². The summed E-state index contributed by atoms with van der Waals surface area (Å²) < 4.78 is 0. The molecule has 1 aliphatic heterocycles. The van der Waals surface area contributed by atoms with E-state index in [1.807, 2.05) is 24.8 Å². The molecule has 0 aromatic heterocycles. The molecule has 1 rings (SSSR count). The third kappa shape index (κ3) is 3.59. The van der Waals surface area contributed by atoms with Crippen LogP contribution in [-0.4, -0.2) is 23.9 Å². The first-order valence-corrected chi connectivity index (χ1v) is 6.39. The van der Waals surface area contributed by atoms with Gasteiger partial charge in [-0.3, -0.25) is 4.79 Å². The first kappa shape index (κ1) is 13.8. The van der Waals surface area contributed by atoms with Gasteiger partial charge in [-0.1, -0.05) is 19.9 Å². The van der Waals surface area contributed by atoms with Crippen LogP contribution in [0.25, 0.3) is 0 Å². The Morgan fingerprint density at radius 2 is 2.12 bits per heavy atom. The Morgan fingerprint density at radius 3 is 2.53 bits per heavy atom. The molecular weight excluding hydrogens is 212 g/mol. The molecule has 1 fully saturated rings. The average molecular weight is 234 g/mol. The fraction of sp³-hybridized carbons (Fsp3) is 0.714. The van der Waals surface area contributed by atoms with Crippen LogP contribution in [0.4, 0.5) is 0 Å². The van der Waals surface area contributed by atoms with Gasteiger partial charge in [-0.05, 0) is 25.2 Å². The van der Waals surface area contributed by atoms with E-state index in [1.165, 1.54) is 0 Å². The number of nitrogens with zero attached hydrogens (tertiary/aromatic N) is 2. The van der Waals surface area contributed by atoms with Crippen molar-refractivity contribution in [2.24, 2.45) is 17.8 Å². The van der Waals surface area contributed by atoms with Crippen LogP contribution in [-0.2, 0) is 4.79 Å². The summed E-state index contributed by atoms with van der Waals surface area (Å²) in [5.74, 6) is 0.810. The zero-order chi connectivity index (χ0) is 12.8. The number of nitriles is 1. The first-order valence-electron chi connectivity index (χ1n) is 6.39. The molecule has 1 saturated heterocycles. The molecular formula is C14H22N2O. The fourth-order valence-corrected chi connectivity index (χ4v) is 2.42. The van der Waals surface area contributed by atoms with Gasteiger partial charge in [0.1, 0.15) is 0 Å². The number of piperidine rings is 1. The Hall–Kier alpha value is -1.30. The lowest BCUT2D eigenvalue weighted by molar-refractivity contribution is -0.136. The Balaban J connectivity index is 2.48. The van der Waals surface area contributed by atoms with Crippen LogP contribution in [0.3, 0.4) is 0 Å². The monoisotopic (exact) mass is 234 g/mol. The highest BCUT2D eigenvalue weighted by Gasteiger charge is 2.28. The second-order valence-electron chi connectivity index (χ2n) is 5.08. The summed E-state index contributed by atoms with van der Waals surface area (Å²) in [6.07, 6.45) is 4.48. The van der Waals surface area contributed by atoms with Gasteiger partial charge in [0.2, 0.25) is 5.91 Å². The minimum atomic E-state index is 0.0730. The highest BCUT2D eigenvalue weighted by atomic mass is 16.2. The van der Waals surface area contributed by atoms with Crippen LogP contribution < -0.4 is 0 Å². The summed E-state index contributed by atoms with van der Waals surface area (Å²) >= 11 is 0. The fourth-order valence-electron chi connectivity index (χ4n) is 2.42. The molecule has 0 aromatic carbocycles. The Morgan fingerprint density at radius 1 is 1.53 bits per heavy atom. The van der Waals surface area contributed by atoms with Crippen molar-refractivity contribution in [3.05, 3.63) is 12.7 Å². The summed E-state index contributed by atoms with van der Waals surface area (Å²) in [7, 11) is 0. The summed E-state index contributed by atoms with van der Waals surface area (Å²) in [6.45, 7) is 9.17. The van der Waals surface area contributed by atoms with Crippen LogP contribution in [0.15, 0.2) is 12.7 Å². The molecule has 0 saturated carbocycles. The lowest BCUT2D eigenvalue weighted by Crippen LogP contribution is -2.41. The minimum absolute atomic E-state index is 0.0730. The van der Waals surface area contributed by atoms with Gasteiger partial charge < -0.3 is 4.90 Å². The molecule has 94 valence electrons. The molecule has 17 heavy (non-hydrogen) atoms. The second-order valence-corrected chi connectivity index (χ2v) is 5.08. The quantitative estimate of drug-likeness (QED) is 0.702. The van der Waals surface area contributed by atoms with Crippen LogP contribution in [0.1, 0.15) is 33.1 Å². The maximum Gasteiger partial charge on any atom is 0.225 e. The van der Waals surface area contributed by atoms with Gasteiger partial charge in [0, 0.05) is 19.0 Å². The Bertz CT molecular complexity index is 309. The van der Waals surface area contributed by atoms with E-state index in [2.05, 4.69) is 12.6 Å². The van der Waals surface area contributed by atoms with Crippen molar-refractivity contribution in [3.63, 3.8) is 0 Å². The van der Waals surface area contributed by atoms with Gasteiger partial charge in [-0.25, -0.2) is 0 Å². The highest BCUT2D eigenvalue weighted by Crippen LogP contribution is 2.27. The topological polar surface area (TPSA) is 44.1 Å². The molecule has 3 heteroatoms. The Labute approximate surface area is 104 Å². The van der Waals surface area contributed by atoms with Crippen molar-refractivity contribution < 1.29 is 4.79 Å². The minimum Gasteiger partial charge on any atom is -0.342 e. The predicted molar refractivity (Wildman–Crippen MR) is 68.1 cm³/mol. The van der Waals surface area contributed by atoms with Crippen LogP contribution in [0, 0.1) is 29.1 Å². The van der Waals surface area contributed by atoms with Gasteiger partial charge >= 0.3 is 0 Å². The lowest BCUT2D eigenvalue weighted by atomic mass is 9.83. The Kier molecular flexibility index (Phi) is 5.21. The number of carbonyl (C=O) groups is 1. The molecule has 0 aliphatic carbocycles. The van der Waals surface area contributed by atoms with E-state index in [-0.39, 0.29) is 17.7 Å². The number of amides is 1. The molecule has 1 aliphatic rings. The molecule has 3 nitrogen and oxygen atoms in total. The first-order chi connectivity index (χ1) is 8.10. The van der Waals surface area contributed by atoms with Crippen molar-refractivity contribution in [3.8, 4) is 6.07 Å². The maximum atomic E-state index is 11.8. The molecule has 0 aromatic rings. The standard InChI is InChI=1S/C14H22N2O/c1-4-5-13(10-15)12-6-8-16(9-7-12)14(17)11(2)3/h4,11-13H,1,5-9H2,2-3H3. The van der Waals surface area contributed by atoms with Crippen LogP contribution in [0.2, 0.25) is 0 Å². The molecule has 1 amide bonds. The number of hydrogen-bond acceptors (Lipinski definition) is 2. The van der Waals surface area contributed by atoms with Crippen molar-refractivity contribution in [2.45, 2.75) is 33.1 Å². The van der Waals surface area contributed by atoms with Crippen molar-refractivity contribution in [1.29, 1.82) is 5.26 Å². The second kappa shape index (κ2) is 6.44. The van der Waals surface area contributed by atoms with Crippen LogP contribution >= 0.6 is 0 Å². The summed E-state index contributed by atoms with van der Waals surface area (Å²) in [5.41, 5.74) is 0. The molecule has 1 atom stereocenters. The number of likely N-dealkylation sites (tertiary alicyclic amines) is 1. The molecule has 0 N–H and O–H groups in total. The average Bonchev–Trinajstić information content (AvgIpc) is 2.35. The van der Waals surface area contributed by atoms with Crippen LogP contribution in [0.5, 0.6) is 0 Å². The van der Waals surface area contributed by atoms with Crippen molar-refractivity contribution >= 4 is 5.91 Å². The third-order valence-corrected chi connectivity index (χ3v) is 3.50.